The van der Waals surface area contributed by atoms with Crippen LogP contribution in [0.25, 0.3) is 10.1 Å². The highest BCUT2D eigenvalue weighted by molar-refractivity contribution is 8.00. The van der Waals surface area contributed by atoms with Gasteiger partial charge in [0.15, 0.2) is 16.4 Å². The Balaban J connectivity index is 1.48. The maximum absolute atomic E-state index is 12.9. The average molecular weight is 556 g/mol. The van der Waals surface area contributed by atoms with Crippen molar-refractivity contribution in [1.29, 1.82) is 0 Å². The number of hydrogen-bond acceptors (Lipinski definition) is 7. The van der Waals surface area contributed by atoms with Crippen molar-refractivity contribution in [3.8, 4) is 5.75 Å². The molecule has 0 spiro atoms. The Morgan fingerprint density at radius 3 is 2.69 bits per heavy atom. The zero-order chi connectivity index (χ0) is 25.6. The number of hydrogen-bond donors (Lipinski definition) is 2. The lowest BCUT2D eigenvalue weighted by molar-refractivity contribution is -0.139. The van der Waals surface area contributed by atoms with Crippen molar-refractivity contribution in [3.05, 3.63) is 52.5 Å². The Hall–Kier alpha value is -1.78. The third kappa shape index (κ3) is 7.60. The van der Waals surface area contributed by atoms with E-state index in [1.807, 2.05) is 38.1 Å². The molecule has 0 aliphatic rings. The number of carbonyl (C=O) groups is 1. The molecule has 35 heavy (non-hydrogen) atoms. The van der Waals surface area contributed by atoms with Gasteiger partial charge in [0.25, 0.3) is 0 Å². The van der Waals surface area contributed by atoms with Crippen LogP contribution in [0.4, 0.5) is 0 Å². The van der Waals surface area contributed by atoms with Crippen LogP contribution >= 0.6 is 34.7 Å². The van der Waals surface area contributed by atoms with Crippen LogP contribution < -0.4 is 10.1 Å². The first-order valence-electron chi connectivity index (χ1n) is 11.3. The molecule has 0 fully saturated rings. The molecule has 3 aromatic rings. The van der Waals surface area contributed by atoms with Gasteiger partial charge in [0, 0.05) is 26.4 Å². The van der Waals surface area contributed by atoms with Gasteiger partial charge in [0.2, 0.25) is 0 Å². The lowest BCUT2D eigenvalue weighted by Gasteiger charge is -2.16. The zero-order valence-electron chi connectivity index (χ0n) is 20.0. The Labute approximate surface area is 219 Å². The maximum Gasteiger partial charge on any atom is 0.341 e. The molecule has 2 aromatic carbocycles. The van der Waals surface area contributed by atoms with E-state index in [1.54, 1.807) is 23.9 Å². The summed E-state index contributed by atoms with van der Waals surface area (Å²) in [5.41, 5.74) is 1.67. The molecule has 2 N–H and O–H groups in total. The Morgan fingerprint density at radius 2 is 2.00 bits per heavy atom. The quantitative estimate of drug-likeness (QED) is 0.198. The number of halogens is 1. The van der Waals surface area contributed by atoms with Crippen molar-refractivity contribution in [2.45, 2.75) is 48.0 Å². The van der Waals surface area contributed by atoms with Crippen molar-refractivity contribution in [2.24, 2.45) is 0 Å². The summed E-state index contributed by atoms with van der Waals surface area (Å²) in [5.74, 6) is -0.333. The number of sulfone groups is 1. The van der Waals surface area contributed by atoms with Gasteiger partial charge in [-0.25, -0.2) is 13.2 Å². The summed E-state index contributed by atoms with van der Waals surface area (Å²) in [6, 6.07) is 11.2. The number of ether oxygens (including phenoxy) is 1. The molecule has 3 rings (SSSR count). The van der Waals surface area contributed by atoms with Crippen LogP contribution in [-0.4, -0.2) is 50.2 Å². The highest BCUT2D eigenvalue weighted by Crippen LogP contribution is 2.36. The summed E-state index contributed by atoms with van der Waals surface area (Å²) in [7, 11) is -3.36. The first-order valence-corrected chi connectivity index (χ1v) is 15.1. The van der Waals surface area contributed by atoms with Gasteiger partial charge < -0.3 is 15.2 Å². The fourth-order valence-corrected chi connectivity index (χ4v) is 8.22. The number of thioether (sulfide) groups is 1. The molecule has 6 nitrogen and oxygen atoms in total. The van der Waals surface area contributed by atoms with Crippen molar-refractivity contribution in [3.63, 3.8) is 0 Å². The fraction of sp³-hybridized carbons (Fsp3) is 0.400. The number of carboxylic acids is 1. The molecule has 0 saturated heterocycles. The van der Waals surface area contributed by atoms with Gasteiger partial charge >= 0.3 is 5.97 Å². The number of fused-ring (bicyclic) bond motifs is 1. The van der Waals surface area contributed by atoms with Crippen molar-refractivity contribution >= 4 is 60.6 Å². The Kier molecular flexibility index (Phi) is 9.89. The average Bonchev–Trinajstić information content (AvgIpc) is 3.14. The van der Waals surface area contributed by atoms with Crippen LogP contribution in [0.5, 0.6) is 5.75 Å². The summed E-state index contributed by atoms with van der Waals surface area (Å²) in [6.07, 6.45) is 1.49. The van der Waals surface area contributed by atoms with E-state index in [2.05, 4.69) is 12.2 Å². The minimum Gasteiger partial charge on any atom is -0.482 e. The van der Waals surface area contributed by atoms with Crippen LogP contribution in [-0.2, 0) is 14.6 Å². The molecule has 1 unspecified atom stereocenters. The largest absolute Gasteiger partial charge is 0.482 e. The van der Waals surface area contributed by atoms with Crippen LogP contribution in [0.15, 0.2) is 45.5 Å². The van der Waals surface area contributed by atoms with Gasteiger partial charge in [-0.1, -0.05) is 18.5 Å². The number of aliphatic carboxylic acids is 1. The first-order chi connectivity index (χ1) is 16.6. The molecule has 0 aliphatic carbocycles. The number of rotatable bonds is 13. The summed E-state index contributed by atoms with van der Waals surface area (Å²) in [5, 5.41) is 14.0. The van der Waals surface area contributed by atoms with Crippen molar-refractivity contribution in [2.75, 3.05) is 25.4 Å². The molecule has 1 aromatic heterocycles. The molecule has 1 heterocycles. The number of nitrogens with one attached hydrogen (secondary N) is 1. The smallest absolute Gasteiger partial charge is 0.341 e. The van der Waals surface area contributed by atoms with E-state index in [0.717, 1.165) is 39.1 Å². The number of aryl methyl sites for hydroxylation is 2. The van der Waals surface area contributed by atoms with E-state index in [4.69, 9.17) is 21.4 Å². The SMILES string of the molecule is CCC(CNCCCS(=O)(=O)c1sc2ccc(Cl)cc2c1C)Sc1ccc(OCC(=O)O)c(C)c1. The molecule has 0 radical (unpaired) electrons. The van der Waals surface area contributed by atoms with Crippen LogP contribution in [0.3, 0.4) is 0 Å². The van der Waals surface area contributed by atoms with Crippen LogP contribution in [0.1, 0.15) is 30.9 Å². The lowest BCUT2D eigenvalue weighted by atomic mass is 10.2. The predicted octanol–water partition coefficient (Wildman–Crippen LogP) is 5.96. The van der Waals surface area contributed by atoms with Gasteiger partial charge in [-0.15, -0.1) is 23.1 Å². The van der Waals surface area contributed by atoms with Gasteiger partial charge in [-0.05, 0) is 86.1 Å². The fourth-order valence-electron chi connectivity index (χ4n) is 3.67. The number of carboxylic acid groups (broad SMARTS) is 1. The van der Waals surface area contributed by atoms with E-state index in [9.17, 15) is 13.2 Å². The third-order valence-electron chi connectivity index (χ3n) is 5.53. The molecule has 0 saturated carbocycles. The molecule has 1 atom stereocenters. The van der Waals surface area contributed by atoms with E-state index >= 15 is 0 Å². The molecular weight excluding hydrogens is 526 g/mol. The van der Waals surface area contributed by atoms with E-state index in [-0.39, 0.29) is 12.4 Å². The minimum atomic E-state index is -3.36. The highest BCUT2D eigenvalue weighted by atomic mass is 35.5. The van der Waals surface area contributed by atoms with Crippen LogP contribution in [0, 0.1) is 13.8 Å². The predicted molar refractivity (Wildman–Crippen MR) is 145 cm³/mol. The van der Waals surface area contributed by atoms with Gasteiger partial charge in [-0.3, -0.25) is 0 Å². The Morgan fingerprint density at radius 1 is 1.23 bits per heavy atom. The second kappa shape index (κ2) is 12.5. The van der Waals surface area contributed by atoms with Crippen molar-refractivity contribution < 1.29 is 23.1 Å². The highest BCUT2D eigenvalue weighted by Gasteiger charge is 2.21. The molecular formula is C25H30ClNO5S3. The second-order valence-electron chi connectivity index (χ2n) is 8.29. The van der Waals surface area contributed by atoms with Gasteiger partial charge in [0.1, 0.15) is 9.96 Å². The van der Waals surface area contributed by atoms with Crippen molar-refractivity contribution in [1.82, 2.24) is 5.32 Å². The molecule has 0 aliphatic heterocycles. The van der Waals surface area contributed by atoms with Crippen LogP contribution in [0.2, 0.25) is 5.02 Å². The standard InChI is InChI=1S/C25H30ClNO5S3/c1-4-19(33-20-7-8-22(16(2)12-20)32-15-24(28)29)14-27-10-5-11-35(30,31)25-17(3)21-13-18(26)6-9-23(21)34-25/h6-9,12-13,19,27H,4-5,10-11,14-15H2,1-3H3,(H,28,29). The Bertz CT molecular complexity index is 1290. The second-order valence-corrected chi connectivity index (χ2v) is 13.5. The van der Waals surface area contributed by atoms with E-state index in [0.29, 0.717) is 33.2 Å². The summed E-state index contributed by atoms with van der Waals surface area (Å²) in [4.78, 5) is 11.8. The van der Waals surface area contributed by atoms with E-state index in [1.165, 1.54) is 11.3 Å². The van der Waals surface area contributed by atoms with Gasteiger partial charge in [-0.2, -0.15) is 0 Å². The first kappa shape index (κ1) is 27.8. The monoisotopic (exact) mass is 555 g/mol. The molecule has 0 amide bonds. The van der Waals surface area contributed by atoms with E-state index < -0.39 is 15.8 Å². The molecule has 10 heteroatoms. The zero-order valence-corrected chi connectivity index (χ0v) is 23.2. The minimum absolute atomic E-state index is 0.0995. The lowest BCUT2D eigenvalue weighted by Crippen LogP contribution is -2.26. The summed E-state index contributed by atoms with van der Waals surface area (Å²) >= 11 is 9.13. The maximum atomic E-state index is 12.9. The molecule has 0 bridgehead atoms. The topological polar surface area (TPSA) is 92.7 Å². The normalized spacial score (nSPS) is 12.7. The third-order valence-corrected chi connectivity index (χ3v) is 10.9. The number of thiophene rings is 1. The molecule has 190 valence electrons. The summed E-state index contributed by atoms with van der Waals surface area (Å²) < 4.78 is 32.6. The summed E-state index contributed by atoms with van der Waals surface area (Å²) in [6.45, 7) is 6.88. The number of benzene rings is 2. The van der Waals surface area contributed by atoms with Gasteiger partial charge in [0.05, 0.1) is 5.75 Å².